The largest absolute Gasteiger partial charge is 0.573 e. The van der Waals surface area contributed by atoms with Crippen molar-refractivity contribution in [3.63, 3.8) is 0 Å². The first kappa shape index (κ1) is 15.8. The Morgan fingerprint density at radius 2 is 1.74 bits per heavy atom. The molecule has 0 aromatic heterocycles. The van der Waals surface area contributed by atoms with Gasteiger partial charge in [-0.05, 0) is 12.0 Å². The third-order valence-corrected chi connectivity index (χ3v) is 2.79. The SMILES string of the molecule is COC(C(C)C)C(N)c1ccccc1OC(F)(F)F. The molecule has 0 radical (unpaired) electrons. The van der Waals surface area contributed by atoms with Crippen LogP contribution in [0.5, 0.6) is 5.75 Å². The molecule has 2 atom stereocenters. The van der Waals surface area contributed by atoms with E-state index in [1.165, 1.54) is 25.3 Å². The number of hydrogen-bond donors (Lipinski definition) is 1. The van der Waals surface area contributed by atoms with Crippen LogP contribution in [0.2, 0.25) is 0 Å². The van der Waals surface area contributed by atoms with E-state index >= 15 is 0 Å². The maximum absolute atomic E-state index is 12.3. The molecule has 2 N–H and O–H groups in total. The van der Waals surface area contributed by atoms with Crippen LogP contribution in [0.1, 0.15) is 25.5 Å². The van der Waals surface area contributed by atoms with E-state index in [0.29, 0.717) is 0 Å². The van der Waals surface area contributed by atoms with Crippen LogP contribution in [-0.4, -0.2) is 19.6 Å². The zero-order chi connectivity index (χ0) is 14.6. The summed E-state index contributed by atoms with van der Waals surface area (Å²) in [5, 5.41) is 0. The fraction of sp³-hybridized carbons (Fsp3) is 0.538. The molecule has 108 valence electrons. The van der Waals surface area contributed by atoms with Crippen molar-refractivity contribution >= 4 is 0 Å². The molecule has 0 aliphatic rings. The first-order valence-corrected chi connectivity index (χ1v) is 5.89. The van der Waals surface area contributed by atoms with Gasteiger partial charge >= 0.3 is 6.36 Å². The van der Waals surface area contributed by atoms with Gasteiger partial charge in [0.1, 0.15) is 5.75 Å². The molecule has 19 heavy (non-hydrogen) atoms. The van der Waals surface area contributed by atoms with Crippen molar-refractivity contribution in [1.82, 2.24) is 0 Å². The smallest absolute Gasteiger partial charge is 0.405 e. The van der Waals surface area contributed by atoms with E-state index in [9.17, 15) is 13.2 Å². The van der Waals surface area contributed by atoms with Crippen LogP contribution >= 0.6 is 0 Å². The molecule has 1 rings (SSSR count). The van der Waals surface area contributed by atoms with Crippen molar-refractivity contribution in [1.29, 1.82) is 0 Å². The number of ether oxygens (including phenoxy) is 2. The lowest BCUT2D eigenvalue weighted by molar-refractivity contribution is -0.275. The van der Waals surface area contributed by atoms with Crippen LogP contribution in [0.15, 0.2) is 24.3 Å². The van der Waals surface area contributed by atoms with Crippen LogP contribution in [-0.2, 0) is 4.74 Å². The number of rotatable bonds is 5. The highest BCUT2D eigenvalue weighted by atomic mass is 19.4. The van der Waals surface area contributed by atoms with Gasteiger partial charge in [-0.1, -0.05) is 32.0 Å². The summed E-state index contributed by atoms with van der Waals surface area (Å²) in [6.07, 6.45) is -5.13. The first-order chi connectivity index (χ1) is 8.76. The second-order valence-electron chi connectivity index (χ2n) is 4.56. The maximum Gasteiger partial charge on any atom is 0.573 e. The molecule has 0 spiro atoms. The zero-order valence-corrected chi connectivity index (χ0v) is 11.1. The summed E-state index contributed by atoms with van der Waals surface area (Å²) in [6.45, 7) is 3.78. The van der Waals surface area contributed by atoms with Gasteiger partial charge in [-0.25, -0.2) is 0 Å². The minimum atomic E-state index is -4.74. The van der Waals surface area contributed by atoms with Gasteiger partial charge in [0.05, 0.1) is 12.1 Å². The highest BCUT2D eigenvalue weighted by molar-refractivity contribution is 5.36. The summed E-state index contributed by atoms with van der Waals surface area (Å²) in [6, 6.07) is 5.15. The predicted octanol–water partition coefficient (Wildman–Crippen LogP) is 3.26. The van der Waals surface area contributed by atoms with E-state index in [4.69, 9.17) is 10.5 Å². The number of nitrogens with two attached hydrogens (primary N) is 1. The van der Waals surface area contributed by atoms with E-state index in [1.54, 1.807) is 6.07 Å². The second-order valence-corrected chi connectivity index (χ2v) is 4.56. The van der Waals surface area contributed by atoms with Gasteiger partial charge in [-0.15, -0.1) is 13.2 Å². The van der Waals surface area contributed by atoms with Crippen molar-refractivity contribution in [2.75, 3.05) is 7.11 Å². The Hall–Kier alpha value is -1.27. The van der Waals surface area contributed by atoms with E-state index < -0.39 is 18.5 Å². The number of para-hydroxylation sites is 1. The summed E-state index contributed by atoms with van der Waals surface area (Å²) in [5.74, 6) is -0.218. The van der Waals surface area contributed by atoms with Crippen LogP contribution in [0.4, 0.5) is 13.2 Å². The summed E-state index contributed by atoms with van der Waals surface area (Å²) in [7, 11) is 1.48. The van der Waals surface area contributed by atoms with E-state index in [2.05, 4.69) is 4.74 Å². The van der Waals surface area contributed by atoms with Crippen molar-refractivity contribution in [3.05, 3.63) is 29.8 Å². The monoisotopic (exact) mass is 277 g/mol. The van der Waals surface area contributed by atoms with E-state index in [0.717, 1.165) is 0 Å². The number of methoxy groups -OCH3 is 1. The third-order valence-electron chi connectivity index (χ3n) is 2.79. The lowest BCUT2D eigenvalue weighted by atomic mass is 9.93. The Balaban J connectivity index is 3.05. The van der Waals surface area contributed by atoms with Gasteiger partial charge in [0, 0.05) is 12.7 Å². The number of hydrogen-bond acceptors (Lipinski definition) is 3. The van der Waals surface area contributed by atoms with Crippen molar-refractivity contribution in [3.8, 4) is 5.75 Å². The molecule has 0 bridgehead atoms. The topological polar surface area (TPSA) is 44.5 Å². The number of halogens is 3. The molecule has 0 heterocycles. The summed E-state index contributed by atoms with van der Waals surface area (Å²) >= 11 is 0. The average molecular weight is 277 g/mol. The van der Waals surface area contributed by atoms with Gasteiger partial charge in [0.2, 0.25) is 0 Å². The molecule has 1 aromatic carbocycles. The van der Waals surface area contributed by atoms with Crippen LogP contribution < -0.4 is 10.5 Å². The van der Waals surface area contributed by atoms with Gasteiger partial charge in [0.15, 0.2) is 0 Å². The standard InChI is InChI=1S/C13H18F3NO2/c1-8(2)12(18-3)11(17)9-6-4-5-7-10(9)19-13(14,15)16/h4-8,11-12H,17H2,1-3H3. The van der Waals surface area contributed by atoms with Crippen molar-refractivity contribution < 1.29 is 22.6 Å². The summed E-state index contributed by atoms with van der Waals surface area (Å²) in [4.78, 5) is 0. The average Bonchev–Trinajstić information content (AvgIpc) is 2.27. The van der Waals surface area contributed by atoms with Crippen molar-refractivity contribution in [2.24, 2.45) is 11.7 Å². The van der Waals surface area contributed by atoms with E-state index in [-0.39, 0.29) is 17.2 Å². The second kappa shape index (κ2) is 6.25. The molecular formula is C13H18F3NO2. The Kier molecular flexibility index (Phi) is 5.20. The predicted molar refractivity (Wildman–Crippen MR) is 65.7 cm³/mol. The molecule has 6 heteroatoms. The van der Waals surface area contributed by atoms with Crippen LogP contribution in [0.3, 0.4) is 0 Å². The Labute approximate surface area is 110 Å². The number of alkyl halides is 3. The van der Waals surface area contributed by atoms with Gasteiger partial charge < -0.3 is 15.2 Å². The van der Waals surface area contributed by atoms with Gasteiger partial charge in [0.25, 0.3) is 0 Å². The molecule has 2 unspecified atom stereocenters. The molecule has 0 aliphatic carbocycles. The minimum absolute atomic E-state index is 0.0685. The normalized spacial score (nSPS) is 15.4. The summed E-state index contributed by atoms with van der Waals surface area (Å²) < 4.78 is 46.2. The van der Waals surface area contributed by atoms with E-state index in [1.807, 2.05) is 13.8 Å². The fourth-order valence-corrected chi connectivity index (χ4v) is 1.98. The third kappa shape index (κ3) is 4.40. The van der Waals surface area contributed by atoms with Gasteiger partial charge in [-0.3, -0.25) is 0 Å². The molecule has 0 saturated heterocycles. The lowest BCUT2D eigenvalue weighted by Gasteiger charge is -2.27. The van der Waals surface area contributed by atoms with Crippen molar-refractivity contribution in [2.45, 2.75) is 32.4 Å². The Morgan fingerprint density at radius 1 is 1.16 bits per heavy atom. The maximum atomic E-state index is 12.3. The van der Waals surface area contributed by atoms with Gasteiger partial charge in [-0.2, -0.15) is 0 Å². The fourth-order valence-electron chi connectivity index (χ4n) is 1.98. The minimum Gasteiger partial charge on any atom is -0.405 e. The molecule has 3 nitrogen and oxygen atoms in total. The quantitative estimate of drug-likeness (QED) is 0.898. The molecule has 0 saturated carbocycles. The highest BCUT2D eigenvalue weighted by Gasteiger charge is 2.34. The molecule has 0 fully saturated rings. The lowest BCUT2D eigenvalue weighted by Crippen LogP contribution is -2.33. The number of benzene rings is 1. The Morgan fingerprint density at radius 3 is 2.21 bits per heavy atom. The zero-order valence-electron chi connectivity index (χ0n) is 11.1. The summed E-state index contributed by atoms with van der Waals surface area (Å²) in [5.41, 5.74) is 6.28. The molecular weight excluding hydrogens is 259 g/mol. The molecule has 0 amide bonds. The van der Waals surface area contributed by atoms with Crippen LogP contribution in [0.25, 0.3) is 0 Å². The highest BCUT2D eigenvalue weighted by Crippen LogP contribution is 2.32. The first-order valence-electron chi connectivity index (χ1n) is 5.89. The molecule has 1 aromatic rings. The Bertz CT molecular complexity index is 407. The molecule has 0 aliphatic heterocycles. The van der Waals surface area contributed by atoms with Crippen LogP contribution in [0, 0.1) is 5.92 Å².